The van der Waals surface area contributed by atoms with E-state index in [0.717, 1.165) is 69.7 Å². The summed E-state index contributed by atoms with van der Waals surface area (Å²) in [6, 6.07) is 9.89. The third kappa shape index (κ3) is 6.28. The van der Waals surface area contributed by atoms with Crippen molar-refractivity contribution in [3.8, 4) is 0 Å². The lowest BCUT2D eigenvalue weighted by Gasteiger charge is -2.41. The van der Waals surface area contributed by atoms with Crippen LogP contribution in [0.25, 0.3) is 0 Å². The summed E-state index contributed by atoms with van der Waals surface area (Å²) >= 11 is 0. The molecule has 35 heavy (non-hydrogen) atoms. The molecule has 190 valence electrons. The predicted octanol–water partition coefficient (Wildman–Crippen LogP) is 4.58. The van der Waals surface area contributed by atoms with Gasteiger partial charge in [0, 0.05) is 43.0 Å². The van der Waals surface area contributed by atoms with Crippen LogP contribution in [0.3, 0.4) is 0 Å². The summed E-state index contributed by atoms with van der Waals surface area (Å²) < 4.78 is 5.68. The molecule has 6 heteroatoms. The van der Waals surface area contributed by atoms with Crippen molar-refractivity contribution < 1.29 is 9.53 Å². The Morgan fingerprint density at radius 1 is 1.06 bits per heavy atom. The SMILES string of the molecule is Cc1c(CCc2ccc(C(C)(C)C)cc2)ncnc1C(=O)N1CCC(N(C)C2CCCOC2)CC1. The first-order valence-electron chi connectivity index (χ1n) is 13.2. The summed E-state index contributed by atoms with van der Waals surface area (Å²) in [5, 5.41) is 0. The molecule has 4 rings (SSSR count). The van der Waals surface area contributed by atoms with Gasteiger partial charge in [-0.1, -0.05) is 45.0 Å². The Kier molecular flexibility index (Phi) is 8.23. The zero-order chi connectivity index (χ0) is 25.0. The van der Waals surface area contributed by atoms with Gasteiger partial charge in [-0.05, 0) is 69.0 Å². The second-order valence-corrected chi connectivity index (χ2v) is 11.3. The second-order valence-electron chi connectivity index (χ2n) is 11.3. The van der Waals surface area contributed by atoms with Crippen LogP contribution in [-0.2, 0) is 23.0 Å². The number of hydrogen-bond acceptors (Lipinski definition) is 5. The Hall–Kier alpha value is -2.31. The van der Waals surface area contributed by atoms with Crippen molar-refractivity contribution in [2.45, 2.75) is 83.7 Å². The molecule has 0 radical (unpaired) electrons. The molecule has 1 amide bonds. The Labute approximate surface area is 211 Å². The summed E-state index contributed by atoms with van der Waals surface area (Å²) in [5.74, 6) is 0.0442. The lowest BCUT2D eigenvalue weighted by molar-refractivity contribution is 0.000237. The highest BCUT2D eigenvalue weighted by Gasteiger charge is 2.31. The number of aryl methyl sites for hydroxylation is 2. The van der Waals surface area contributed by atoms with Crippen LogP contribution in [0.2, 0.25) is 0 Å². The summed E-state index contributed by atoms with van der Waals surface area (Å²) in [6.45, 7) is 12.0. The zero-order valence-electron chi connectivity index (χ0n) is 22.2. The van der Waals surface area contributed by atoms with E-state index in [-0.39, 0.29) is 11.3 Å². The Morgan fingerprint density at radius 2 is 1.77 bits per heavy atom. The van der Waals surface area contributed by atoms with Crippen LogP contribution in [0.4, 0.5) is 0 Å². The van der Waals surface area contributed by atoms with Gasteiger partial charge in [-0.3, -0.25) is 9.69 Å². The fraction of sp³-hybridized carbons (Fsp3) is 0.621. The molecule has 2 saturated heterocycles. The first-order chi connectivity index (χ1) is 16.7. The van der Waals surface area contributed by atoms with Gasteiger partial charge in [-0.15, -0.1) is 0 Å². The summed E-state index contributed by atoms with van der Waals surface area (Å²) in [5.41, 5.74) is 5.24. The number of amides is 1. The molecule has 1 aromatic carbocycles. The van der Waals surface area contributed by atoms with Crippen molar-refractivity contribution in [2.24, 2.45) is 0 Å². The van der Waals surface area contributed by atoms with Crippen molar-refractivity contribution >= 4 is 5.91 Å². The van der Waals surface area contributed by atoms with Crippen LogP contribution >= 0.6 is 0 Å². The molecule has 0 saturated carbocycles. The predicted molar refractivity (Wildman–Crippen MR) is 140 cm³/mol. The molecular weight excluding hydrogens is 436 g/mol. The Bertz CT molecular complexity index is 985. The smallest absolute Gasteiger partial charge is 0.272 e. The number of ether oxygens (including phenoxy) is 1. The minimum atomic E-state index is 0.0442. The molecule has 1 atom stereocenters. The van der Waals surface area contributed by atoms with E-state index in [1.807, 2.05) is 11.8 Å². The van der Waals surface area contributed by atoms with Crippen molar-refractivity contribution in [3.05, 3.63) is 58.7 Å². The number of likely N-dealkylation sites (tertiary alicyclic amines) is 1. The largest absolute Gasteiger partial charge is 0.380 e. The fourth-order valence-electron chi connectivity index (χ4n) is 5.36. The second kappa shape index (κ2) is 11.2. The van der Waals surface area contributed by atoms with Crippen LogP contribution in [0, 0.1) is 6.92 Å². The first-order valence-corrected chi connectivity index (χ1v) is 13.2. The molecule has 0 spiro atoms. The molecule has 6 nitrogen and oxygen atoms in total. The Balaban J connectivity index is 1.34. The molecule has 2 aliphatic rings. The van der Waals surface area contributed by atoms with Gasteiger partial charge in [0.2, 0.25) is 0 Å². The lowest BCUT2D eigenvalue weighted by atomic mass is 9.86. The van der Waals surface area contributed by atoms with Gasteiger partial charge in [-0.25, -0.2) is 9.97 Å². The number of hydrogen-bond donors (Lipinski definition) is 0. The van der Waals surface area contributed by atoms with Crippen molar-refractivity contribution in [1.82, 2.24) is 19.8 Å². The number of piperidine rings is 1. The standard InChI is InChI=1S/C29H42N4O2/c1-21-26(13-10-22-8-11-23(12-9-22)29(2,3)4)30-20-31-27(21)28(34)33-16-14-24(15-17-33)32(5)25-7-6-18-35-19-25/h8-9,11-12,20,24-25H,6-7,10,13-19H2,1-5H3. The highest BCUT2D eigenvalue weighted by molar-refractivity contribution is 5.93. The molecule has 2 aliphatic heterocycles. The number of carbonyl (C=O) groups is 1. The normalized spacial score (nSPS) is 19.8. The molecule has 1 aromatic heterocycles. The molecule has 0 bridgehead atoms. The van der Waals surface area contributed by atoms with Crippen LogP contribution in [0.1, 0.15) is 79.3 Å². The fourth-order valence-corrected chi connectivity index (χ4v) is 5.36. The zero-order valence-corrected chi connectivity index (χ0v) is 22.2. The highest BCUT2D eigenvalue weighted by Crippen LogP contribution is 2.24. The van der Waals surface area contributed by atoms with E-state index in [9.17, 15) is 4.79 Å². The van der Waals surface area contributed by atoms with Gasteiger partial charge < -0.3 is 9.64 Å². The van der Waals surface area contributed by atoms with E-state index in [0.29, 0.717) is 17.8 Å². The van der Waals surface area contributed by atoms with E-state index in [2.05, 4.69) is 67.0 Å². The number of likely N-dealkylation sites (N-methyl/N-ethyl adjacent to an activating group) is 1. The van der Waals surface area contributed by atoms with Crippen LogP contribution in [-0.4, -0.2) is 71.1 Å². The molecule has 2 aromatic rings. The van der Waals surface area contributed by atoms with Gasteiger partial charge >= 0.3 is 0 Å². The average Bonchev–Trinajstić information content (AvgIpc) is 2.87. The summed E-state index contributed by atoms with van der Waals surface area (Å²) in [4.78, 5) is 26.8. The molecular formula is C29H42N4O2. The number of benzene rings is 1. The van der Waals surface area contributed by atoms with E-state index < -0.39 is 0 Å². The van der Waals surface area contributed by atoms with Crippen molar-refractivity contribution in [3.63, 3.8) is 0 Å². The van der Waals surface area contributed by atoms with Gasteiger partial charge in [0.15, 0.2) is 0 Å². The molecule has 2 fully saturated rings. The first kappa shape index (κ1) is 25.8. The minimum Gasteiger partial charge on any atom is -0.380 e. The number of aromatic nitrogens is 2. The lowest BCUT2D eigenvalue weighted by Crippen LogP contribution is -2.50. The van der Waals surface area contributed by atoms with E-state index in [1.54, 1.807) is 6.33 Å². The van der Waals surface area contributed by atoms with E-state index >= 15 is 0 Å². The van der Waals surface area contributed by atoms with Gasteiger partial charge in [-0.2, -0.15) is 0 Å². The summed E-state index contributed by atoms with van der Waals surface area (Å²) in [6.07, 6.45) is 7.62. The van der Waals surface area contributed by atoms with Gasteiger partial charge in [0.05, 0.1) is 6.61 Å². The molecule has 0 aliphatic carbocycles. The topological polar surface area (TPSA) is 58.6 Å². The number of nitrogens with zero attached hydrogens (tertiary/aromatic N) is 4. The Morgan fingerprint density at radius 3 is 2.40 bits per heavy atom. The van der Waals surface area contributed by atoms with E-state index in [1.165, 1.54) is 17.5 Å². The van der Waals surface area contributed by atoms with Gasteiger partial charge in [0.1, 0.15) is 12.0 Å². The van der Waals surface area contributed by atoms with E-state index in [4.69, 9.17) is 4.74 Å². The van der Waals surface area contributed by atoms with Gasteiger partial charge in [0.25, 0.3) is 5.91 Å². The highest BCUT2D eigenvalue weighted by atomic mass is 16.5. The van der Waals surface area contributed by atoms with Crippen LogP contribution in [0.5, 0.6) is 0 Å². The maximum absolute atomic E-state index is 13.4. The maximum Gasteiger partial charge on any atom is 0.272 e. The summed E-state index contributed by atoms with van der Waals surface area (Å²) in [7, 11) is 2.22. The van der Waals surface area contributed by atoms with Crippen LogP contribution in [0.15, 0.2) is 30.6 Å². The van der Waals surface area contributed by atoms with Crippen LogP contribution < -0.4 is 0 Å². The minimum absolute atomic E-state index is 0.0442. The average molecular weight is 479 g/mol. The molecule has 1 unspecified atom stereocenters. The number of rotatable bonds is 6. The maximum atomic E-state index is 13.4. The van der Waals surface area contributed by atoms with Crippen molar-refractivity contribution in [2.75, 3.05) is 33.4 Å². The molecule has 0 N–H and O–H groups in total. The molecule has 3 heterocycles. The van der Waals surface area contributed by atoms with Crippen molar-refractivity contribution in [1.29, 1.82) is 0 Å². The quantitative estimate of drug-likeness (QED) is 0.608. The third-order valence-corrected chi connectivity index (χ3v) is 7.90. The monoisotopic (exact) mass is 478 g/mol. The third-order valence-electron chi connectivity index (χ3n) is 7.90. The number of carbonyl (C=O) groups excluding carboxylic acids is 1.